The highest BCUT2D eigenvalue weighted by Crippen LogP contribution is 2.68. The van der Waals surface area contributed by atoms with Gasteiger partial charge < -0.3 is 9.64 Å². The summed E-state index contributed by atoms with van der Waals surface area (Å²) in [5, 5.41) is 9.34. The van der Waals surface area contributed by atoms with Crippen LogP contribution in [0.3, 0.4) is 0 Å². The number of hydrogen-bond donors (Lipinski definition) is 0. The third kappa shape index (κ3) is 2.19. The van der Waals surface area contributed by atoms with Gasteiger partial charge in [0.05, 0.1) is 22.9 Å². The topological polar surface area (TPSA) is 66.2 Å². The molecule has 4 aliphatic rings. The molecule has 148 valence electrons. The minimum absolute atomic E-state index is 0.0403. The summed E-state index contributed by atoms with van der Waals surface area (Å²) in [6.45, 7) is 0.258. The highest BCUT2D eigenvalue weighted by Gasteiger charge is 2.69. The number of aromatic nitrogens is 1. The molecule has 3 fully saturated rings. The predicted octanol–water partition coefficient (Wildman–Crippen LogP) is 3.89. The molecule has 0 unspecified atom stereocenters. The van der Waals surface area contributed by atoms with Gasteiger partial charge in [0.2, 0.25) is 5.91 Å². The SMILES string of the molecule is N#Cc1cncc2c1OC[C@H]1CC[C@@H]2N1C(=O)C12CCC(C(F)(F)F)(CC1)C2. The quantitative estimate of drug-likeness (QED) is 0.729. The first-order chi connectivity index (χ1) is 13.3. The van der Waals surface area contributed by atoms with Gasteiger partial charge in [-0.25, -0.2) is 0 Å². The minimum Gasteiger partial charge on any atom is -0.490 e. The molecule has 8 heteroatoms. The summed E-state index contributed by atoms with van der Waals surface area (Å²) in [6, 6.07) is 1.61. The van der Waals surface area contributed by atoms with Crippen LogP contribution >= 0.6 is 0 Å². The number of carbonyl (C=O) groups excluding carboxylic acids is 1. The maximum atomic E-state index is 13.6. The minimum atomic E-state index is -4.26. The first-order valence-electron chi connectivity index (χ1n) is 9.71. The fourth-order valence-electron chi connectivity index (χ4n) is 5.94. The van der Waals surface area contributed by atoms with E-state index in [1.54, 1.807) is 11.1 Å². The Morgan fingerprint density at radius 3 is 2.64 bits per heavy atom. The van der Waals surface area contributed by atoms with Crippen LogP contribution in [0.5, 0.6) is 5.75 Å². The molecule has 0 radical (unpaired) electrons. The average Bonchev–Trinajstić information content (AvgIpc) is 3.34. The first-order valence-corrected chi connectivity index (χ1v) is 9.71. The Labute approximate surface area is 160 Å². The number of fused-ring (bicyclic) bond motifs is 6. The lowest BCUT2D eigenvalue weighted by molar-refractivity contribution is -0.220. The predicted molar refractivity (Wildman–Crippen MR) is 91.1 cm³/mol. The summed E-state index contributed by atoms with van der Waals surface area (Å²) in [5.74, 6) is 0.296. The lowest BCUT2D eigenvalue weighted by atomic mass is 9.80. The third-order valence-electron chi connectivity index (χ3n) is 7.46. The van der Waals surface area contributed by atoms with Crippen molar-refractivity contribution in [3.8, 4) is 11.8 Å². The van der Waals surface area contributed by atoms with Gasteiger partial charge in [-0.3, -0.25) is 9.78 Å². The molecule has 28 heavy (non-hydrogen) atoms. The van der Waals surface area contributed by atoms with Gasteiger partial charge in [-0.1, -0.05) is 0 Å². The van der Waals surface area contributed by atoms with Crippen molar-refractivity contribution in [2.75, 3.05) is 6.61 Å². The zero-order valence-corrected chi connectivity index (χ0v) is 15.3. The van der Waals surface area contributed by atoms with Crippen LogP contribution in [0.15, 0.2) is 12.4 Å². The van der Waals surface area contributed by atoms with Crippen LogP contribution in [0.2, 0.25) is 0 Å². The number of amides is 1. The smallest absolute Gasteiger partial charge is 0.394 e. The molecule has 1 aromatic heterocycles. The van der Waals surface area contributed by atoms with E-state index in [2.05, 4.69) is 11.1 Å². The number of rotatable bonds is 1. The molecule has 2 saturated carbocycles. The average molecular weight is 391 g/mol. The maximum Gasteiger partial charge on any atom is 0.394 e. The summed E-state index contributed by atoms with van der Waals surface area (Å²) >= 11 is 0. The Kier molecular flexibility index (Phi) is 3.57. The van der Waals surface area contributed by atoms with E-state index in [1.165, 1.54) is 6.20 Å². The summed E-state index contributed by atoms with van der Waals surface area (Å²) in [5.41, 5.74) is -1.59. The molecule has 2 aliphatic heterocycles. The number of halogens is 3. The van der Waals surface area contributed by atoms with Gasteiger partial charge in [-0.05, 0) is 44.9 Å². The van der Waals surface area contributed by atoms with E-state index in [1.807, 2.05) is 0 Å². The number of carbonyl (C=O) groups is 1. The van der Waals surface area contributed by atoms with Crippen molar-refractivity contribution < 1.29 is 22.7 Å². The second-order valence-corrected chi connectivity index (χ2v) is 8.72. The van der Waals surface area contributed by atoms with Crippen LogP contribution in [0.25, 0.3) is 0 Å². The van der Waals surface area contributed by atoms with Crippen LogP contribution < -0.4 is 4.74 Å². The molecule has 2 atom stereocenters. The summed E-state index contributed by atoms with van der Waals surface area (Å²) in [4.78, 5) is 19.5. The summed E-state index contributed by atoms with van der Waals surface area (Å²) in [6.07, 6.45) is 0.836. The Hall–Kier alpha value is -2.30. The molecule has 1 saturated heterocycles. The van der Waals surface area contributed by atoms with Crippen LogP contribution in [-0.2, 0) is 4.79 Å². The van der Waals surface area contributed by atoms with Crippen LogP contribution in [-0.4, -0.2) is 34.6 Å². The van der Waals surface area contributed by atoms with Crippen LogP contribution in [0, 0.1) is 22.2 Å². The molecule has 0 aromatic carbocycles. The standard InChI is InChI=1S/C20H20F3N3O2/c21-20(22,23)19-5-3-18(11-19,4-6-19)17(27)26-13-1-2-15(26)14-9-25-8-12(7-24)16(14)28-10-13/h8-9,13,15H,1-6,10-11H2/t13-,15+,18?,19?/m1/s1. The molecule has 2 aliphatic carbocycles. The molecule has 3 heterocycles. The molecule has 4 bridgehead atoms. The van der Waals surface area contributed by atoms with Crippen molar-refractivity contribution in [3.05, 3.63) is 23.5 Å². The van der Waals surface area contributed by atoms with Crippen LogP contribution in [0.1, 0.15) is 62.1 Å². The number of nitriles is 1. The van der Waals surface area contributed by atoms with E-state index < -0.39 is 17.0 Å². The van der Waals surface area contributed by atoms with E-state index in [0.29, 0.717) is 36.1 Å². The van der Waals surface area contributed by atoms with Crippen molar-refractivity contribution in [1.82, 2.24) is 9.88 Å². The lowest BCUT2D eigenvalue weighted by Gasteiger charge is -2.36. The Morgan fingerprint density at radius 1 is 1.25 bits per heavy atom. The molecular formula is C20H20F3N3O2. The van der Waals surface area contributed by atoms with E-state index in [4.69, 9.17) is 4.74 Å². The van der Waals surface area contributed by atoms with Gasteiger partial charge in [0.1, 0.15) is 24.0 Å². The fourth-order valence-corrected chi connectivity index (χ4v) is 5.94. The number of nitrogens with zero attached hydrogens (tertiary/aromatic N) is 3. The van der Waals surface area contributed by atoms with Crippen molar-refractivity contribution >= 4 is 5.91 Å². The molecular weight excluding hydrogens is 371 g/mol. The fraction of sp³-hybridized carbons (Fsp3) is 0.650. The summed E-state index contributed by atoms with van der Waals surface area (Å²) in [7, 11) is 0. The Morgan fingerprint density at radius 2 is 2.00 bits per heavy atom. The van der Waals surface area contributed by atoms with E-state index >= 15 is 0 Å². The monoisotopic (exact) mass is 391 g/mol. The number of hydrogen-bond acceptors (Lipinski definition) is 4. The number of alkyl halides is 3. The Bertz CT molecular complexity index is 884. The van der Waals surface area contributed by atoms with E-state index in [9.17, 15) is 23.2 Å². The second-order valence-electron chi connectivity index (χ2n) is 8.72. The van der Waals surface area contributed by atoms with Crippen molar-refractivity contribution in [2.45, 2.75) is 63.2 Å². The zero-order chi connectivity index (χ0) is 19.7. The van der Waals surface area contributed by atoms with E-state index in [0.717, 1.165) is 6.42 Å². The van der Waals surface area contributed by atoms with Gasteiger partial charge in [0.25, 0.3) is 0 Å². The maximum absolute atomic E-state index is 13.6. The second kappa shape index (κ2) is 5.62. The van der Waals surface area contributed by atoms with Gasteiger partial charge in [-0.2, -0.15) is 18.4 Å². The summed E-state index contributed by atoms with van der Waals surface area (Å²) < 4.78 is 46.8. The van der Waals surface area contributed by atoms with Crippen molar-refractivity contribution in [3.63, 3.8) is 0 Å². The normalized spacial score (nSPS) is 35.9. The van der Waals surface area contributed by atoms with Crippen molar-refractivity contribution in [1.29, 1.82) is 5.26 Å². The largest absolute Gasteiger partial charge is 0.490 e. The van der Waals surface area contributed by atoms with Gasteiger partial charge in [-0.15, -0.1) is 0 Å². The molecule has 1 aromatic rings. The third-order valence-corrected chi connectivity index (χ3v) is 7.46. The van der Waals surface area contributed by atoms with Gasteiger partial charge in [0.15, 0.2) is 0 Å². The highest BCUT2D eigenvalue weighted by molar-refractivity contribution is 5.85. The van der Waals surface area contributed by atoms with E-state index in [-0.39, 0.29) is 43.9 Å². The zero-order valence-electron chi connectivity index (χ0n) is 15.3. The van der Waals surface area contributed by atoms with Gasteiger partial charge >= 0.3 is 6.18 Å². The highest BCUT2D eigenvalue weighted by atomic mass is 19.4. The van der Waals surface area contributed by atoms with Crippen molar-refractivity contribution in [2.24, 2.45) is 10.8 Å². The molecule has 5 nitrogen and oxygen atoms in total. The number of ether oxygens (including phenoxy) is 1. The first kappa shape index (κ1) is 17.8. The van der Waals surface area contributed by atoms with Crippen LogP contribution in [0.4, 0.5) is 13.2 Å². The molecule has 0 N–H and O–H groups in total. The number of pyridine rings is 1. The molecule has 5 rings (SSSR count). The Balaban J connectivity index is 1.51. The lowest BCUT2D eigenvalue weighted by Crippen LogP contribution is -2.46. The molecule has 1 amide bonds. The van der Waals surface area contributed by atoms with Gasteiger partial charge in [0, 0.05) is 18.0 Å². The molecule has 0 spiro atoms.